The van der Waals surface area contributed by atoms with Crippen molar-refractivity contribution in [2.45, 2.75) is 24.1 Å². The summed E-state index contributed by atoms with van der Waals surface area (Å²) in [6.45, 7) is -0.986. The predicted molar refractivity (Wildman–Crippen MR) is 65.9 cm³/mol. The standard InChI is InChI=1S/C10H11BrF3NO3S/c11-8-5-7(6-16)1-2-9(8)19(17,18)15-4-3-10(12,13)14/h1-2,5,15-16H,3-4,6H2. The molecular formula is C10H11BrF3NO3S. The average molecular weight is 362 g/mol. The molecule has 19 heavy (non-hydrogen) atoms. The van der Waals surface area contributed by atoms with Crippen LogP contribution in [0.5, 0.6) is 0 Å². The second-order valence-corrected chi connectivity index (χ2v) is 6.28. The van der Waals surface area contributed by atoms with Gasteiger partial charge in [0.1, 0.15) is 0 Å². The number of nitrogens with one attached hydrogen (secondary N) is 1. The normalized spacial score (nSPS) is 12.7. The molecule has 1 aromatic rings. The van der Waals surface area contributed by atoms with Crippen molar-refractivity contribution in [3.8, 4) is 0 Å². The van der Waals surface area contributed by atoms with Gasteiger partial charge < -0.3 is 5.11 Å². The van der Waals surface area contributed by atoms with Gasteiger partial charge in [-0.1, -0.05) is 6.07 Å². The Labute approximate surface area is 116 Å². The molecular weight excluding hydrogens is 351 g/mol. The lowest BCUT2D eigenvalue weighted by Gasteiger charge is -2.10. The highest BCUT2D eigenvalue weighted by Gasteiger charge is 2.28. The number of aliphatic hydroxyl groups excluding tert-OH is 1. The van der Waals surface area contributed by atoms with E-state index in [2.05, 4.69) is 15.9 Å². The fraction of sp³-hybridized carbons (Fsp3) is 0.400. The van der Waals surface area contributed by atoms with Crippen LogP contribution in [0.2, 0.25) is 0 Å². The van der Waals surface area contributed by atoms with E-state index in [1.807, 2.05) is 4.72 Å². The SMILES string of the molecule is O=S(=O)(NCCC(F)(F)F)c1ccc(CO)cc1Br. The van der Waals surface area contributed by atoms with Crippen LogP contribution in [0.3, 0.4) is 0 Å². The molecule has 0 radical (unpaired) electrons. The van der Waals surface area contributed by atoms with Gasteiger partial charge >= 0.3 is 6.18 Å². The summed E-state index contributed by atoms with van der Waals surface area (Å²) >= 11 is 3.00. The van der Waals surface area contributed by atoms with E-state index in [1.54, 1.807) is 0 Å². The Balaban J connectivity index is 2.83. The number of rotatable bonds is 5. The molecule has 0 saturated carbocycles. The van der Waals surface area contributed by atoms with E-state index in [-0.39, 0.29) is 16.0 Å². The van der Waals surface area contributed by atoms with Crippen LogP contribution in [-0.2, 0) is 16.6 Å². The summed E-state index contributed by atoms with van der Waals surface area (Å²) in [7, 11) is -4.02. The largest absolute Gasteiger partial charge is 0.392 e. The van der Waals surface area contributed by atoms with Crippen LogP contribution in [0.25, 0.3) is 0 Å². The average Bonchev–Trinajstić information content (AvgIpc) is 2.26. The zero-order valence-electron chi connectivity index (χ0n) is 9.54. The number of halogens is 4. The molecule has 0 fully saturated rings. The van der Waals surface area contributed by atoms with E-state index in [4.69, 9.17) is 5.11 Å². The topological polar surface area (TPSA) is 66.4 Å². The van der Waals surface area contributed by atoms with Crippen molar-refractivity contribution >= 4 is 26.0 Å². The minimum Gasteiger partial charge on any atom is -0.392 e. The van der Waals surface area contributed by atoms with Gasteiger partial charge in [0.05, 0.1) is 17.9 Å². The van der Waals surface area contributed by atoms with Gasteiger partial charge in [0.2, 0.25) is 10.0 Å². The highest BCUT2D eigenvalue weighted by Crippen LogP contribution is 2.24. The van der Waals surface area contributed by atoms with Crippen molar-refractivity contribution in [1.82, 2.24) is 4.72 Å². The molecule has 0 bridgehead atoms. The highest BCUT2D eigenvalue weighted by atomic mass is 79.9. The van der Waals surface area contributed by atoms with Crippen molar-refractivity contribution in [3.05, 3.63) is 28.2 Å². The van der Waals surface area contributed by atoms with Crippen LogP contribution in [0.4, 0.5) is 13.2 Å². The Morgan fingerprint density at radius 3 is 2.42 bits per heavy atom. The van der Waals surface area contributed by atoms with Crippen molar-refractivity contribution in [3.63, 3.8) is 0 Å². The number of aliphatic hydroxyl groups is 1. The Kier molecular flexibility index (Phi) is 5.36. The summed E-state index contributed by atoms with van der Waals surface area (Å²) in [5.41, 5.74) is 0.487. The molecule has 0 aliphatic rings. The minimum atomic E-state index is -4.42. The first-order valence-corrected chi connectivity index (χ1v) is 7.39. The Bertz CT molecular complexity index is 545. The predicted octanol–water partition coefficient (Wildman–Crippen LogP) is 2.17. The lowest BCUT2D eigenvalue weighted by atomic mass is 10.2. The third-order valence-corrected chi connectivity index (χ3v) is 4.61. The lowest BCUT2D eigenvalue weighted by molar-refractivity contribution is -0.132. The molecule has 0 aliphatic carbocycles. The van der Waals surface area contributed by atoms with Gasteiger partial charge in [-0.2, -0.15) is 13.2 Å². The Morgan fingerprint density at radius 1 is 1.32 bits per heavy atom. The summed E-state index contributed by atoms with van der Waals surface area (Å²) in [5.74, 6) is 0. The first kappa shape index (κ1) is 16.4. The summed E-state index contributed by atoms with van der Waals surface area (Å²) in [6.07, 6.45) is -5.65. The number of sulfonamides is 1. The smallest absolute Gasteiger partial charge is 0.390 e. The molecule has 0 aliphatic heterocycles. The Morgan fingerprint density at radius 2 is 1.95 bits per heavy atom. The van der Waals surface area contributed by atoms with Crippen molar-refractivity contribution in [1.29, 1.82) is 0 Å². The molecule has 0 spiro atoms. The number of hydrogen-bond donors (Lipinski definition) is 2. The van der Waals surface area contributed by atoms with E-state index < -0.39 is 29.2 Å². The number of benzene rings is 1. The molecule has 1 aromatic carbocycles. The molecule has 0 atom stereocenters. The third kappa shape index (κ3) is 5.09. The number of hydrogen-bond acceptors (Lipinski definition) is 3. The van der Waals surface area contributed by atoms with E-state index in [1.165, 1.54) is 18.2 Å². The van der Waals surface area contributed by atoms with Crippen molar-refractivity contribution in [2.24, 2.45) is 0 Å². The molecule has 4 nitrogen and oxygen atoms in total. The fourth-order valence-corrected chi connectivity index (χ4v) is 3.42. The maximum absolute atomic E-state index is 11.9. The number of alkyl halides is 3. The van der Waals surface area contributed by atoms with Crippen LogP contribution in [0.15, 0.2) is 27.6 Å². The van der Waals surface area contributed by atoms with Gasteiger partial charge in [0.25, 0.3) is 0 Å². The molecule has 0 aromatic heterocycles. The molecule has 2 N–H and O–H groups in total. The molecule has 0 heterocycles. The Hall–Kier alpha value is -0.640. The first-order valence-electron chi connectivity index (χ1n) is 5.11. The molecule has 0 unspecified atom stereocenters. The van der Waals surface area contributed by atoms with E-state index in [9.17, 15) is 21.6 Å². The van der Waals surface area contributed by atoms with E-state index in [0.29, 0.717) is 5.56 Å². The molecule has 0 amide bonds. The third-order valence-electron chi connectivity index (χ3n) is 2.17. The molecule has 1 rings (SSSR count). The molecule has 0 saturated heterocycles. The van der Waals surface area contributed by atoms with E-state index in [0.717, 1.165) is 0 Å². The molecule has 9 heteroatoms. The second-order valence-electron chi connectivity index (χ2n) is 3.69. The monoisotopic (exact) mass is 361 g/mol. The van der Waals surface area contributed by atoms with E-state index >= 15 is 0 Å². The second kappa shape index (κ2) is 6.21. The van der Waals surface area contributed by atoms with Crippen LogP contribution < -0.4 is 4.72 Å². The highest BCUT2D eigenvalue weighted by molar-refractivity contribution is 9.10. The zero-order chi connectivity index (χ0) is 14.7. The van der Waals surface area contributed by atoms with Gasteiger partial charge in [-0.25, -0.2) is 13.1 Å². The molecule has 108 valence electrons. The summed E-state index contributed by atoms with van der Waals surface area (Å²) in [4.78, 5) is -0.174. The maximum Gasteiger partial charge on any atom is 0.390 e. The van der Waals surface area contributed by atoms with Crippen LogP contribution >= 0.6 is 15.9 Å². The quantitative estimate of drug-likeness (QED) is 0.844. The zero-order valence-corrected chi connectivity index (χ0v) is 11.9. The van der Waals surface area contributed by atoms with Crippen LogP contribution in [-0.4, -0.2) is 26.2 Å². The van der Waals surface area contributed by atoms with Crippen molar-refractivity contribution < 1.29 is 26.7 Å². The maximum atomic E-state index is 11.9. The summed E-state index contributed by atoms with van der Waals surface area (Å²) < 4.78 is 61.4. The van der Waals surface area contributed by atoms with Gasteiger partial charge in [-0.05, 0) is 33.6 Å². The lowest BCUT2D eigenvalue weighted by Crippen LogP contribution is -2.28. The van der Waals surface area contributed by atoms with Crippen LogP contribution in [0, 0.1) is 0 Å². The van der Waals surface area contributed by atoms with Gasteiger partial charge in [-0.3, -0.25) is 0 Å². The first-order chi connectivity index (χ1) is 8.65. The van der Waals surface area contributed by atoms with Crippen LogP contribution in [0.1, 0.15) is 12.0 Å². The fourth-order valence-electron chi connectivity index (χ4n) is 1.27. The van der Waals surface area contributed by atoms with Gasteiger partial charge in [0, 0.05) is 11.0 Å². The summed E-state index contributed by atoms with van der Waals surface area (Å²) in [6, 6.07) is 3.98. The summed E-state index contributed by atoms with van der Waals surface area (Å²) in [5, 5.41) is 8.88. The van der Waals surface area contributed by atoms with Crippen molar-refractivity contribution in [2.75, 3.05) is 6.54 Å². The van der Waals surface area contributed by atoms with Gasteiger partial charge in [0.15, 0.2) is 0 Å². The van der Waals surface area contributed by atoms with Gasteiger partial charge in [-0.15, -0.1) is 0 Å². The minimum absolute atomic E-state index is 0.174.